The summed E-state index contributed by atoms with van der Waals surface area (Å²) in [5, 5.41) is 2.61. The number of anilines is 2. The molecular weight excluding hydrogens is 406 g/mol. The summed E-state index contributed by atoms with van der Waals surface area (Å²) < 4.78 is 32.2. The number of thiazole rings is 1. The molecule has 0 aliphatic heterocycles. The number of nitrogens with zero attached hydrogens (tertiary/aromatic N) is 3. The average molecular weight is 423 g/mol. The number of carbonyl (C=O) groups is 2. The maximum absolute atomic E-state index is 13.2. The van der Waals surface area contributed by atoms with Crippen LogP contribution in [-0.4, -0.2) is 40.8 Å². The second-order valence-electron chi connectivity index (χ2n) is 5.71. The van der Waals surface area contributed by atoms with Gasteiger partial charge in [-0.1, -0.05) is 17.4 Å². The van der Waals surface area contributed by atoms with E-state index in [-0.39, 0.29) is 50.1 Å². The van der Waals surface area contributed by atoms with Gasteiger partial charge in [-0.15, -0.1) is 0 Å². The number of nitrogens with one attached hydrogen (secondary N) is 1. The SMILES string of the molecule is CCOC(=O)c1cccc2c1nc(N)n2S(=O)(=O)c1sc(NC(C)=O)nc1C. The Hall–Kier alpha value is -2.99. The van der Waals surface area contributed by atoms with Gasteiger partial charge in [0.15, 0.2) is 9.34 Å². The number of imidazole rings is 1. The molecule has 28 heavy (non-hydrogen) atoms. The normalized spacial score (nSPS) is 11.5. The van der Waals surface area contributed by atoms with Crippen LogP contribution in [0.25, 0.3) is 11.0 Å². The molecule has 0 spiro atoms. The van der Waals surface area contributed by atoms with Crippen LogP contribution in [0.5, 0.6) is 0 Å². The molecular formula is C16H17N5O5S2. The summed E-state index contributed by atoms with van der Waals surface area (Å²) in [5.41, 5.74) is 6.46. The Kier molecular flexibility index (Phi) is 5.08. The van der Waals surface area contributed by atoms with Crippen molar-refractivity contribution in [2.75, 3.05) is 17.7 Å². The number of aryl methyl sites for hydroxylation is 1. The third kappa shape index (κ3) is 3.31. The summed E-state index contributed by atoms with van der Waals surface area (Å²) in [4.78, 5) is 31.5. The number of para-hydroxylation sites is 1. The molecule has 3 aromatic rings. The highest BCUT2D eigenvalue weighted by molar-refractivity contribution is 7.92. The fourth-order valence-corrected chi connectivity index (χ4v) is 5.54. The molecule has 2 heterocycles. The highest BCUT2D eigenvalue weighted by Gasteiger charge is 2.29. The average Bonchev–Trinajstić information content (AvgIpc) is 3.13. The van der Waals surface area contributed by atoms with Crippen LogP contribution in [0, 0.1) is 6.92 Å². The maximum atomic E-state index is 13.2. The maximum Gasteiger partial charge on any atom is 0.340 e. The third-order valence-electron chi connectivity index (χ3n) is 3.67. The monoisotopic (exact) mass is 423 g/mol. The Morgan fingerprint density at radius 3 is 2.68 bits per heavy atom. The van der Waals surface area contributed by atoms with E-state index >= 15 is 0 Å². The Bertz CT molecular complexity index is 1200. The number of nitrogen functional groups attached to an aromatic ring is 1. The van der Waals surface area contributed by atoms with Crippen molar-refractivity contribution in [3.63, 3.8) is 0 Å². The van der Waals surface area contributed by atoms with Crippen LogP contribution in [0.3, 0.4) is 0 Å². The minimum absolute atomic E-state index is 0.0937. The van der Waals surface area contributed by atoms with Gasteiger partial charge in [0.1, 0.15) is 5.52 Å². The fourth-order valence-electron chi connectivity index (χ4n) is 2.63. The standard InChI is InChI=1S/C16H17N5O5S2/c1-4-26-13(23)10-6-5-7-11-12(10)20-15(17)21(11)28(24,25)14-8(2)18-16(27-14)19-9(3)22/h5-7H,4H2,1-3H3,(H2,17,20)(H,18,19,22). The van der Waals surface area contributed by atoms with E-state index in [4.69, 9.17) is 10.5 Å². The first kappa shape index (κ1) is 19.8. The van der Waals surface area contributed by atoms with Gasteiger partial charge < -0.3 is 15.8 Å². The summed E-state index contributed by atoms with van der Waals surface area (Å²) in [6.07, 6.45) is 0. The summed E-state index contributed by atoms with van der Waals surface area (Å²) in [6, 6.07) is 4.49. The quantitative estimate of drug-likeness (QED) is 0.590. The van der Waals surface area contributed by atoms with Crippen LogP contribution in [0.2, 0.25) is 0 Å². The number of hydrogen-bond acceptors (Lipinski definition) is 9. The summed E-state index contributed by atoms with van der Waals surface area (Å²) in [7, 11) is -4.17. The van der Waals surface area contributed by atoms with Gasteiger partial charge in [0.2, 0.25) is 11.9 Å². The summed E-state index contributed by atoms with van der Waals surface area (Å²) in [5.74, 6) is -1.30. The number of benzene rings is 1. The zero-order valence-corrected chi connectivity index (χ0v) is 16.8. The first-order valence-corrected chi connectivity index (χ1v) is 10.4. The number of aromatic nitrogens is 3. The minimum atomic E-state index is -4.17. The molecule has 0 fully saturated rings. The molecule has 3 N–H and O–H groups in total. The fraction of sp³-hybridized carbons (Fsp3) is 0.250. The van der Waals surface area contributed by atoms with Crippen LogP contribution in [0.15, 0.2) is 22.4 Å². The lowest BCUT2D eigenvalue weighted by Crippen LogP contribution is -2.15. The van der Waals surface area contributed by atoms with Crippen molar-refractivity contribution in [1.29, 1.82) is 0 Å². The van der Waals surface area contributed by atoms with Gasteiger partial charge >= 0.3 is 5.97 Å². The molecule has 0 bridgehead atoms. The highest BCUT2D eigenvalue weighted by Crippen LogP contribution is 2.33. The van der Waals surface area contributed by atoms with Gasteiger partial charge in [-0.25, -0.2) is 18.7 Å². The second kappa shape index (κ2) is 7.20. The Morgan fingerprint density at radius 1 is 1.32 bits per heavy atom. The topological polar surface area (TPSA) is 146 Å². The molecule has 10 nitrogen and oxygen atoms in total. The van der Waals surface area contributed by atoms with Crippen LogP contribution in [-0.2, 0) is 19.6 Å². The first-order chi connectivity index (χ1) is 13.2. The van der Waals surface area contributed by atoms with E-state index < -0.39 is 16.0 Å². The number of fused-ring (bicyclic) bond motifs is 1. The van der Waals surface area contributed by atoms with Crippen LogP contribution in [0.4, 0.5) is 11.1 Å². The molecule has 0 aliphatic carbocycles. The number of nitrogens with two attached hydrogens (primary N) is 1. The molecule has 0 saturated carbocycles. The number of esters is 1. The van der Waals surface area contributed by atoms with E-state index in [1.807, 2.05) is 0 Å². The molecule has 0 aliphatic rings. The lowest BCUT2D eigenvalue weighted by Gasteiger charge is -2.07. The number of hydrogen-bond donors (Lipinski definition) is 2. The van der Waals surface area contributed by atoms with E-state index in [2.05, 4.69) is 15.3 Å². The molecule has 2 aromatic heterocycles. The van der Waals surface area contributed by atoms with Crippen molar-refractivity contribution in [2.24, 2.45) is 0 Å². The van der Waals surface area contributed by atoms with E-state index in [0.29, 0.717) is 0 Å². The van der Waals surface area contributed by atoms with Gasteiger partial charge in [-0.3, -0.25) is 4.79 Å². The molecule has 3 rings (SSSR count). The molecule has 0 atom stereocenters. The molecule has 1 aromatic carbocycles. The predicted molar refractivity (Wildman–Crippen MR) is 104 cm³/mol. The smallest absolute Gasteiger partial charge is 0.340 e. The van der Waals surface area contributed by atoms with E-state index in [1.165, 1.54) is 32.0 Å². The van der Waals surface area contributed by atoms with E-state index in [9.17, 15) is 18.0 Å². The van der Waals surface area contributed by atoms with E-state index in [1.54, 1.807) is 6.92 Å². The van der Waals surface area contributed by atoms with Crippen molar-refractivity contribution in [3.8, 4) is 0 Å². The van der Waals surface area contributed by atoms with Crippen molar-refractivity contribution in [3.05, 3.63) is 29.5 Å². The number of carbonyl (C=O) groups excluding carboxylic acids is 2. The largest absolute Gasteiger partial charge is 0.462 e. The Labute approximate surface area is 164 Å². The van der Waals surface area contributed by atoms with Gasteiger partial charge in [0, 0.05) is 6.92 Å². The van der Waals surface area contributed by atoms with Crippen molar-refractivity contribution >= 4 is 55.3 Å². The number of rotatable bonds is 5. The summed E-state index contributed by atoms with van der Waals surface area (Å²) >= 11 is 0.802. The van der Waals surface area contributed by atoms with Crippen LogP contribution < -0.4 is 11.1 Å². The van der Waals surface area contributed by atoms with Gasteiger partial charge in [0.25, 0.3) is 10.0 Å². The number of ether oxygens (including phenoxy) is 1. The highest BCUT2D eigenvalue weighted by atomic mass is 32.2. The van der Waals surface area contributed by atoms with Crippen molar-refractivity contribution in [2.45, 2.75) is 25.0 Å². The molecule has 1 amide bonds. The molecule has 0 radical (unpaired) electrons. The molecule has 12 heteroatoms. The van der Waals surface area contributed by atoms with Crippen molar-refractivity contribution < 1.29 is 22.7 Å². The van der Waals surface area contributed by atoms with Crippen molar-refractivity contribution in [1.82, 2.24) is 13.9 Å². The van der Waals surface area contributed by atoms with Gasteiger partial charge in [0.05, 0.1) is 23.4 Å². The lowest BCUT2D eigenvalue weighted by atomic mass is 10.2. The summed E-state index contributed by atoms with van der Waals surface area (Å²) in [6.45, 7) is 4.63. The Balaban J connectivity index is 2.19. The Morgan fingerprint density at radius 2 is 2.04 bits per heavy atom. The van der Waals surface area contributed by atoms with Crippen LogP contribution in [0.1, 0.15) is 29.9 Å². The zero-order chi connectivity index (χ0) is 20.6. The predicted octanol–water partition coefficient (Wildman–Crippen LogP) is 1.76. The van der Waals surface area contributed by atoms with E-state index in [0.717, 1.165) is 15.3 Å². The molecule has 0 saturated heterocycles. The van der Waals surface area contributed by atoms with Gasteiger partial charge in [-0.05, 0) is 26.0 Å². The number of amides is 1. The minimum Gasteiger partial charge on any atom is -0.462 e. The third-order valence-corrected chi connectivity index (χ3v) is 7.05. The van der Waals surface area contributed by atoms with Gasteiger partial charge in [-0.2, -0.15) is 8.42 Å². The lowest BCUT2D eigenvalue weighted by molar-refractivity contribution is -0.114. The second-order valence-corrected chi connectivity index (χ2v) is 8.69. The molecule has 148 valence electrons. The first-order valence-electron chi connectivity index (χ1n) is 8.11. The zero-order valence-electron chi connectivity index (χ0n) is 15.2. The molecule has 0 unspecified atom stereocenters. The van der Waals surface area contributed by atoms with Crippen LogP contribution >= 0.6 is 11.3 Å².